The molecule has 0 aliphatic heterocycles. The number of aromatic nitrogens is 2. The van der Waals surface area contributed by atoms with Crippen molar-refractivity contribution < 1.29 is 8.42 Å². The van der Waals surface area contributed by atoms with Gasteiger partial charge in [0.25, 0.3) is 5.56 Å². The van der Waals surface area contributed by atoms with Gasteiger partial charge in [-0.05, 0) is 43.2 Å². The first-order chi connectivity index (χ1) is 11.4. The van der Waals surface area contributed by atoms with Crippen LogP contribution in [-0.4, -0.2) is 18.6 Å². The molecule has 6 nitrogen and oxygen atoms in total. The van der Waals surface area contributed by atoms with Gasteiger partial charge in [0.05, 0.1) is 22.5 Å². The summed E-state index contributed by atoms with van der Waals surface area (Å²) in [5, 5.41) is 7.47. The Morgan fingerprint density at radius 1 is 1.04 bits per heavy atom. The number of H-pyrrole nitrogens is 1. The fourth-order valence-corrected chi connectivity index (χ4v) is 3.51. The maximum absolute atomic E-state index is 12.5. The van der Waals surface area contributed by atoms with Crippen LogP contribution in [0.4, 0.5) is 0 Å². The predicted molar refractivity (Wildman–Crippen MR) is 92.3 cm³/mol. The molecule has 0 aliphatic rings. The van der Waals surface area contributed by atoms with E-state index in [9.17, 15) is 13.2 Å². The van der Waals surface area contributed by atoms with Crippen molar-refractivity contribution in [2.45, 2.75) is 25.3 Å². The molecule has 24 heavy (non-hydrogen) atoms. The van der Waals surface area contributed by atoms with Crippen molar-refractivity contribution in [3.8, 4) is 0 Å². The summed E-state index contributed by atoms with van der Waals surface area (Å²) >= 11 is 0. The van der Waals surface area contributed by atoms with Gasteiger partial charge in [0.15, 0.2) is 0 Å². The standard InChI is InChI=1S/C17H17N3O3S/c1-11-7-8-13(9-12(11)2)24(22,23)18-10-16-14-5-3-4-6-15(14)17(21)20-19-16/h3-9,18H,10H2,1-2H3,(H,20,21). The minimum Gasteiger partial charge on any atom is -0.267 e. The van der Waals surface area contributed by atoms with E-state index in [1.807, 2.05) is 13.8 Å². The van der Waals surface area contributed by atoms with Crippen LogP contribution in [0.15, 0.2) is 52.2 Å². The summed E-state index contributed by atoms with van der Waals surface area (Å²) in [5.74, 6) is 0. The van der Waals surface area contributed by atoms with Crippen LogP contribution in [0.2, 0.25) is 0 Å². The van der Waals surface area contributed by atoms with Gasteiger partial charge >= 0.3 is 0 Å². The van der Waals surface area contributed by atoms with E-state index < -0.39 is 10.0 Å². The Balaban J connectivity index is 1.92. The van der Waals surface area contributed by atoms with Crippen molar-refractivity contribution in [1.29, 1.82) is 0 Å². The third kappa shape index (κ3) is 3.08. The third-order valence-corrected chi connectivity index (χ3v) is 5.39. The van der Waals surface area contributed by atoms with Crippen LogP contribution in [0.25, 0.3) is 10.8 Å². The number of nitrogens with one attached hydrogen (secondary N) is 2. The first kappa shape index (κ1) is 16.4. The molecule has 1 aromatic heterocycles. The molecule has 0 bridgehead atoms. The van der Waals surface area contributed by atoms with Crippen LogP contribution in [-0.2, 0) is 16.6 Å². The highest BCUT2D eigenvalue weighted by molar-refractivity contribution is 7.89. The molecule has 124 valence electrons. The quantitative estimate of drug-likeness (QED) is 0.758. The van der Waals surface area contributed by atoms with Crippen LogP contribution in [0.1, 0.15) is 16.8 Å². The Morgan fingerprint density at radius 3 is 2.46 bits per heavy atom. The van der Waals surface area contributed by atoms with Gasteiger partial charge in [-0.2, -0.15) is 5.10 Å². The molecule has 0 amide bonds. The van der Waals surface area contributed by atoms with E-state index in [1.165, 1.54) is 0 Å². The maximum Gasteiger partial charge on any atom is 0.272 e. The van der Waals surface area contributed by atoms with Gasteiger partial charge in [0.2, 0.25) is 10.0 Å². The Bertz CT molecular complexity index is 1070. The summed E-state index contributed by atoms with van der Waals surface area (Å²) in [4.78, 5) is 12.0. The van der Waals surface area contributed by atoms with Crippen molar-refractivity contribution in [3.63, 3.8) is 0 Å². The second-order valence-electron chi connectivity index (χ2n) is 5.62. The summed E-state index contributed by atoms with van der Waals surface area (Å²) in [6.45, 7) is 3.79. The lowest BCUT2D eigenvalue weighted by atomic mass is 10.1. The number of hydrogen-bond donors (Lipinski definition) is 2. The molecule has 0 spiro atoms. The lowest BCUT2D eigenvalue weighted by molar-refractivity contribution is 0.580. The van der Waals surface area contributed by atoms with E-state index >= 15 is 0 Å². The summed E-state index contributed by atoms with van der Waals surface area (Å²) < 4.78 is 27.5. The van der Waals surface area contributed by atoms with Crippen molar-refractivity contribution in [2.24, 2.45) is 0 Å². The van der Waals surface area contributed by atoms with Crippen molar-refractivity contribution in [1.82, 2.24) is 14.9 Å². The second-order valence-corrected chi connectivity index (χ2v) is 7.38. The van der Waals surface area contributed by atoms with Crippen LogP contribution in [0, 0.1) is 13.8 Å². The molecule has 0 atom stereocenters. The lowest BCUT2D eigenvalue weighted by Crippen LogP contribution is -2.25. The molecular weight excluding hydrogens is 326 g/mol. The highest BCUT2D eigenvalue weighted by Gasteiger charge is 2.16. The van der Waals surface area contributed by atoms with E-state index in [-0.39, 0.29) is 17.0 Å². The zero-order valence-corrected chi connectivity index (χ0v) is 14.1. The lowest BCUT2D eigenvalue weighted by Gasteiger charge is -2.09. The average molecular weight is 343 g/mol. The van der Waals surface area contributed by atoms with Crippen LogP contribution < -0.4 is 10.3 Å². The molecule has 0 radical (unpaired) electrons. The van der Waals surface area contributed by atoms with Gasteiger partial charge in [0.1, 0.15) is 0 Å². The molecular formula is C17H17N3O3S. The summed E-state index contributed by atoms with van der Waals surface area (Å²) in [6.07, 6.45) is 0. The van der Waals surface area contributed by atoms with Gasteiger partial charge in [0, 0.05) is 5.39 Å². The monoisotopic (exact) mass is 343 g/mol. The topological polar surface area (TPSA) is 91.9 Å². The first-order valence-electron chi connectivity index (χ1n) is 7.42. The van der Waals surface area contributed by atoms with Gasteiger partial charge in [-0.3, -0.25) is 4.79 Å². The Morgan fingerprint density at radius 2 is 1.75 bits per heavy atom. The summed E-state index contributed by atoms with van der Waals surface area (Å²) in [7, 11) is -3.66. The largest absolute Gasteiger partial charge is 0.272 e. The molecule has 0 saturated heterocycles. The molecule has 2 N–H and O–H groups in total. The fourth-order valence-electron chi connectivity index (χ4n) is 2.43. The first-order valence-corrected chi connectivity index (χ1v) is 8.90. The molecule has 0 saturated carbocycles. The molecule has 3 rings (SSSR count). The Hall–Kier alpha value is -2.51. The highest BCUT2D eigenvalue weighted by atomic mass is 32.2. The van der Waals surface area contributed by atoms with E-state index in [4.69, 9.17) is 0 Å². The normalized spacial score (nSPS) is 11.8. The summed E-state index contributed by atoms with van der Waals surface area (Å²) in [6, 6.07) is 11.9. The van der Waals surface area contributed by atoms with E-state index in [0.29, 0.717) is 16.5 Å². The molecule has 0 aliphatic carbocycles. The number of hydrogen-bond acceptors (Lipinski definition) is 4. The minimum atomic E-state index is -3.66. The van der Waals surface area contributed by atoms with Gasteiger partial charge in [-0.1, -0.05) is 24.3 Å². The van der Waals surface area contributed by atoms with Gasteiger partial charge in [-0.15, -0.1) is 0 Å². The molecule has 3 aromatic rings. The third-order valence-electron chi connectivity index (χ3n) is 3.99. The molecule has 0 fully saturated rings. The number of sulfonamides is 1. The molecule has 1 heterocycles. The van der Waals surface area contributed by atoms with Gasteiger partial charge < -0.3 is 0 Å². The highest BCUT2D eigenvalue weighted by Crippen LogP contribution is 2.16. The number of aromatic amines is 1. The maximum atomic E-state index is 12.5. The molecule has 0 unspecified atom stereocenters. The smallest absolute Gasteiger partial charge is 0.267 e. The zero-order valence-electron chi connectivity index (χ0n) is 13.3. The van der Waals surface area contributed by atoms with Crippen LogP contribution >= 0.6 is 0 Å². The van der Waals surface area contributed by atoms with Crippen LogP contribution in [0.5, 0.6) is 0 Å². The SMILES string of the molecule is Cc1ccc(S(=O)(=O)NCc2n[nH]c(=O)c3ccccc23)cc1C. The van der Waals surface area contributed by atoms with Crippen molar-refractivity contribution >= 4 is 20.8 Å². The summed E-state index contributed by atoms with van der Waals surface area (Å²) in [5.41, 5.74) is 2.11. The molecule has 7 heteroatoms. The van der Waals surface area contributed by atoms with Gasteiger partial charge in [-0.25, -0.2) is 18.2 Å². The predicted octanol–water partition coefficient (Wildman–Crippen LogP) is 2.02. The van der Waals surface area contributed by atoms with Crippen molar-refractivity contribution in [2.75, 3.05) is 0 Å². The van der Waals surface area contributed by atoms with Crippen molar-refractivity contribution in [3.05, 3.63) is 69.6 Å². The van der Waals surface area contributed by atoms with Crippen LogP contribution in [0.3, 0.4) is 0 Å². The Labute approximate surface area is 139 Å². The fraction of sp³-hybridized carbons (Fsp3) is 0.176. The zero-order chi connectivity index (χ0) is 17.3. The number of benzene rings is 2. The molecule has 2 aromatic carbocycles. The number of nitrogens with zero attached hydrogens (tertiary/aromatic N) is 1. The number of rotatable bonds is 4. The minimum absolute atomic E-state index is 0.00739. The van der Waals surface area contributed by atoms with E-state index in [2.05, 4.69) is 14.9 Å². The Kier molecular flexibility index (Phi) is 4.21. The number of fused-ring (bicyclic) bond motifs is 1. The average Bonchev–Trinajstić information content (AvgIpc) is 2.57. The van der Waals surface area contributed by atoms with E-state index in [0.717, 1.165) is 11.1 Å². The number of aryl methyl sites for hydroxylation is 2. The van der Waals surface area contributed by atoms with E-state index in [1.54, 1.807) is 42.5 Å². The second kappa shape index (κ2) is 6.18.